The average molecular weight is 290 g/mol. The van der Waals surface area contributed by atoms with E-state index < -0.39 is 12.9 Å². The summed E-state index contributed by atoms with van der Waals surface area (Å²) < 4.78 is 20.0. The van der Waals surface area contributed by atoms with Crippen molar-refractivity contribution in [2.75, 3.05) is 38.5 Å². The van der Waals surface area contributed by atoms with Crippen LogP contribution in [-0.2, 0) is 9.30 Å². The third-order valence-corrected chi connectivity index (χ3v) is 6.82. The lowest BCUT2D eigenvalue weighted by Gasteiger charge is -2.38. The number of hydrogen-bond acceptors (Lipinski definition) is 3. The number of carbonyl (C=O) groups is 1. The summed E-state index contributed by atoms with van der Waals surface area (Å²) in [4.78, 5) is 13.6. The van der Waals surface area contributed by atoms with E-state index in [0.717, 1.165) is 0 Å². The van der Waals surface area contributed by atoms with Crippen molar-refractivity contribution in [2.45, 2.75) is 40.2 Å². The van der Waals surface area contributed by atoms with Crippen LogP contribution in [-0.4, -0.2) is 59.8 Å². The summed E-state index contributed by atoms with van der Waals surface area (Å²) in [5.41, 5.74) is -0.462. The summed E-state index contributed by atoms with van der Waals surface area (Å²) in [5, 5.41) is 0. The molecule has 0 aromatic carbocycles. The molecule has 1 fully saturated rings. The second kappa shape index (κ2) is 6.27. The second-order valence-corrected chi connectivity index (χ2v) is 9.42. The third-order valence-electron chi connectivity index (χ3n) is 3.41. The molecule has 19 heavy (non-hydrogen) atoms. The highest BCUT2D eigenvalue weighted by Gasteiger charge is 2.32. The second-order valence-electron chi connectivity index (χ2n) is 5.90. The molecule has 0 N–H and O–H groups in total. The van der Waals surface area contributed by atoms with Gasteiger partial charge in [-0.3, -0.25) is 0 Å². The van der Waals surface area contributed by atoms with E-state index >= 15 is 0 Å². The number of nitrogens with zero attached hydrogens (tertiary/aromatic N) is 2. The van der Waals surface area contributed by atoms with Gasteiger partial charge in [-0.05, 0) is 20.8 Å². The van der Waals surface area contributed by atoms with Crippen LogP contribution in [0.25, 0.3) is 0 Å². The average Bonchev–Trinajstić information content (AvgIpc) is 2.36. The molecule has 0 aromatic heterocycles. The van der Waals surface area contributed by atoms with E-state index in [1.807, 2.05) is 34.6 Å². The molecule has 1 rings (SSSR count). The van der Waals surface area contributed by atoms with Crippen LogP contribution in [0.3, 0.4) is 0 Å². The zero-order chi connectivity index (χ0) is 14.7. The molecular formula is C13H27N2O3P. The lowest BCUT2D eigenvalue weighted by atomic mass is 10.2. The topological polar surface area (TPSA) is 49.9 Å². The van der Waals surface area contributed by atoms with Crippen LogP contribution in [0.15, 0.2) is 0 Å². The van der Waals surface area contributed by atoms with Gasteiger partial charge in [-0.1, -0.05) is 13.8 Å². The predicted molar refractivity (Wildman–Crippen MR) is 78.1 cm³/mol. The van der Waals surface area contributed by atoms with Crippen molar-refractivity contribution < 1.29 is 14.1 Å². The fourth-order valence-electron chi connectivity index (χ4n) is 2.19. The van der Waals surface area contributed by atoms with Gasteiger partial charge in [-0.25, -0.2) is 9.46 Å². The summed E-state index contributed by atoms with van der Waals surface area (Å²) in [6.07, 6.45) is 1.14. The monoisotopic (exact) mass is 290 g/mol. The van der Waals surface area contributed by atoms with Crippen LogP contribution in [0.2, 0.25) is 0 Å². The predicted octanol–water partition coefficient (Wildman–Crippen LogP) is 2.86. The number of ether oxygens (including phenoxy) is 1. The summed E-state index contributed by atoms with van der Waals surface area (Å²) in [6, 6.07) is 0. The van der Waals surface area contributed by atoms with Gasteiger partial charge in [0.15, 0.2) is 0 Å². The molecule has 0 aromatic rings. The minimum absolute atomic E-state index is 0.269. The van der Waals surface area contributed by atoms with Crippen molar-refractivity contribution in [3.8, 4) is 0 Å². The van der Waals surface area contributed by atoms with Gasteiger partial charge in [0.2, 0.25) is 0 Å². The normalized spacial score (nSPS) is 18.5. The van der Waals surface area contributed by atoms with E-state index in [2.05, 4.69) is 4.67 Å². The first-order chi connectivity index (χ1) is 8.72. The number of hydrogen-bond donors (Lipinski definition) is 0. The fourth-order valence-corrected chi connectivity index (χ4v) is 4.35. The van der Waals surface area contributed by atoms with Crippen LogP contribution in [0.4, 0.5) is 4.79 Å². The minimum Gasteiger partial charge on any atom is -0.444 e. The Hall–Kier alpha value is -0.540. The standard InChI is InChI=1S/C13H27N2O3P/c1-6-19(17,7-2)15-10-8-14(9-11-15)12(16)18-13(3,4)5/h6-11H2,1-5H3. The van der Waals surface area contributed by atoms with Gasteiger partial charge in [0.1, 0.15) is 12.9 Å². The van der Waals surface area contributed by atoms with Gasteiger partial charge in [0.25, 0.3) is 0 Å². The molecule has 1 heterocycles. The van der Waals surface area contributed by atoms with E-state index in [0.29, 0.717) is 38.5 Å². The molecule has 0 aliphatic carbocycles. The molecule has 112 valence electrons. The Morgan fingerprint density at radius 1 is 1.11 bits per heavy atom. The number of carbonyl (C=O) groups excluding carboxylic acids is 1. The van der Waals surface area contributed by atoms with Crippen molar-refractivity contribution in [2.24, 2.45) is 0 Å². The Labute approximate surface area is 116 Å². The van der Waals surface area contributed by atoms with Crippen LogP contribution < -0.4 is 0 Å². The first-order valence-electron chi connectivity index (χ1n) is 7.03. The zero-order valence-electron chi connectivity index (χ0n) is 12.8. The molecule has 5 nitrogen and oxygen atoms in total. The van der Waals surface area contributed by atoms with Gasteiger partial charge in [0, 0.05) is 38.5 Å². The van der Waals surface area contributed by atoms with Gasteiger partial charge in [-0.15, -0.1) is 0 Å². The Bertz CT molecular complexity index is 349. The zero-order valence-corrected chi connectivity index (χ0v) is 13.7. The molecule has 0 spiro atoms. The maximum absolute atomic E-state index is 12.6. The van der Waals surface area contributed by atoms with Crippen molar-refractivity contribution in [3.63, 3.8) is 0 Å². The van der Waals surface area contributed by atoms with E-state index in [4.69, 9.17) is 4.74 Å². The highest BCUT2D eigenvalue weighted by atomic mass is 31.2. The van der Waals surface area contributed by atoms with Crippen LogP contribution in [0.5, 0.6) is 0 Å². The summed E-state index contributed by atoms with van der Waals surface area (Å²) in [6.45, 7) is 12.1. The Balaban J connectivity index is 2.54. The summed E-state index contributed by atoms with van der Waals surface area (Å²) >= 11 is 0. The van der Waals surface area contributed by atoms with Crippen molar-refractivity contribution >= 4 is 13.4 Å². The van der Waals surface area contributed by atoms with Gasteiger partial charge >= 0.3 is 6.09 Å². The van der Waals surface area contributed by atoms with Gasteiger partial charge in [0.05, 0.1) is 0 Å². The number of amides is 1. The Morgan fingerprint density at radius 2 is 1.58 bits per heavy atom. The van der Waals surface area contributed by atoms with Crippen molar-refractivity contribution in [3.05, 3.63) is 0 Å². The van der Waals surface area contributed by atoms with Crippen molar-refractivity contribution in [1.29, 1.82) is 0 Å². The molecule has 6 heteroatoms. The highest BCUT2D eigenvalue weighted by molar-refractivity contribution is 7.61. The number of piperazine rings is 1. The van der Waals surface area contributed by atoms with E-state index in [-0.39, 0.29) is 6.09 Å². The first-order valence-corrected chi connectivity index (χ1v) is 9.06. The lowest BCUT2D eigenvalue weighted by molar-refractivity contribution is 0.0191. The largest absolute Gasteiger partial charge is 0.444 e. The van der Waals surface area contributed by atoms with Crippen molar-refractivity contribution in [1.82, 2.24) is 9.57 Å². The van der Waals surface area contributed by atoms with E-state index in [1.165, 1.54) is 0 Å². The van der Waals surface area contributed by atoms with Crippen LogP contribution >= 0.6 is 7.29 Å². The molecule has 0 radical (unpaired) electrons. The summed E-state index contributed by atoms with van der Waals surface area (Å²) in [5.74, 6) is 0. The van der Waals surface area contributed by atoms with Crippen LogP contribution in [0.1, 0.15) is 34.6 Å². The highest BCUT2D eigenvalue weighted by Crippen LogP contribution is 2.48. The molecule has 0 bridgehead atoms. The Morgan fingerprint density at radius 3 is 1.95 bits per heavy atom. The third kappa shape index (κ3) is 4.50. The summed E-state index contributed by atoms with van der Waals surface area (Å²) in [7, 11) is -2.20. The molecule has 1 amide bonds. The van der Waals surface area contributed by atoms with Crippen LogP contribution in [0, 0.1) is 0 Å². The number of rotatable bonds is 3. The molecule has 0 atom stereocenters. The lowest BCUT2D eigenvalue weighted by Crippen LogP contribution is -2.49. The Kier molecular flexibility index (Phi) is 5.45. The molecular weight excluding hydrogens is 263 g/mol. The quantitative estimate of drug-likeness (QED) is 0.750. The maximum Gasteiger partial charge on any atom is 0.410 e. The molecule has 1 aliphatic heterocycles. The molecule has 0 unspecified atom stereocenters. The maximum atomic E-state index is 12.6. The smallest absolute Gasteiger partial charge is 0.410 e. The molecule has 1 aliphatic rings. The minimum atomic E-state index is -2.20. The molecule has 0 saturated carbocycles. The van der Waals surface area contributed by atoms with Gasteiger partial charge < -0.3 is 14.2 Å². The fraction of sp³-hybridized carbons (Fsp3) is 0.923. The first kappa shape index (κ1) is 16.5. The van der Waals surface area contributed by atoms with E-state index in [1.54, 1.807) is 4.90 Å². The molecule has 1 saturated heterocycles. The van der Waals surface area contributed by atoms with E-state index in [9.17, 15) is 9.36 Å². The SMILES string of the molecule is CCP(=O)(CC)N1CCN(C(=O)OC(C)(C)C)CC1. The van der Waals surface area contributed by atoms with Gasteiger partial charge in [-0.2, -0.15) is 0 Å².